The van der Waals surface area contributed by atoms with E-state index in [1.165, 1.54) is 0 Å². The summed E-state index contributed by atoms with van der Waals surface area (Å²) in [7, 11) is 1.54. The molecule has 0 saturated carbocycles. The van der Waals surface area contributed by atoms with Gasteiger partial charge in [0.2, 0.25) is 17.7 Å². The van der Waals surface area contributed by atoms with E-state index < -0.39 is 54.8 Å². The van der Waals surface area contributed by atoms with E-state index in [0.717, 1.165) is 5.56 Å². The number of hydrogen-bond acceptors (Lipinski definition) is 7. The Morgan fingerprint density at radius 1 is 1.05 bits per heavy atom. The van der Waals surface area contributed by atoms with Gasteiger partial charge in [0.1, 0.15) is 24.4 Å². The number of methoxy groups -OCH3 is 1. The third kappa shape index (κ3) is 8.56. The van der Waals surface area contributed by atoms with Gasteiger partial charge in [-0.15, -0.1) is 0 Å². The number of aliphatic hydroxyl groups excluding tert-OH is 1. The fourth-order valence-electron chi connectivity index (χ4n) is 3.95. The lowest BCUT2D eigenvalue weighted by molar-refractivity contribution is -0.132. The number of fused-ring (bicyclic) bond motifs is 1. The standard InChI is InChI=1S/C27H34N4O7/c1-37-13-7-12-28-26(35)21-15-24(33)30-22(16-32)27(36)29-19(14-18-8-3-2-4-9-18)17-38-23-11-6-5-10-20(23)25(34)31-21/h2-6,8-11,19,21-22,32H,7,12-17H2,1H3,(H,28,35)(H,29,36)(H,30,33)(H,31,34)/t19-,21+,22+/m1/s1. The Morgan fingerprint density at radius 2 is 1.79 bits per heavy atom. The van der Waals surface area contributed by atoms with Crippen LogP contribution in [0.15, 0.2) is 54.6 Å². The van der Waals surface area contributed by atoms with Crippen molar-refractivity contribution in [2.75, 3.05) is 33.5 Å². The average molecular weight is 527 g/mol. The van der Waals surface area contributed by atoms with Gasteiger partial charge in [-0.25, -0.2) is 0 Å². The van der Waals surface area contributed by atoms with Gasteiger partial charge in [0.15, 0.2) is 0 Å². The second-order valence-electron chi connectivity index (χ2n) is 8.87. The van der Waals surface area contributed by atoms with Crippen molar-refractivity contribution in [3.05, 3.63) is 65.7 Å². The number of aliphatic hydroxyl groups is 1. The van der Waals surface area contributed by atoms with Crippen molar-refractivity contribution < 1.29 is 33.8 Å². The summed E-state index contributed by atoms with van der Waals surface area (Å²) in [5, 5.41) is 20.4. The smallest absolute Gasteiger partial charge is 0.255 e. The van der Waals surface area contributed by atoms with Crippen LogP contribution >= 0.6 is 0 Å². The summed E-state index contributed by atoms with van der Waals surface area (Å²) in [6, 6.07) is 13.0. The molecule has 1 aliphatic rings. The molecule has 0 aromatic heterocycles. The lowest BCUT2D eigenvalue weighted by Gasteiger charge is -2.25. The molecule has 3 rings (SSSR count). The second kappa shape index (κ2) is 14.7. The molecule has 0 fully saturated rings. The molecule has 0 saturated heterocycles. The van der Waals surface area contributed by atoms with Crippen LogP contribution in [0.1, 0.15) is 28.8 Å². The molecular formula is C27H34N4O7. The second-order valence-corrected chi connectivity index (χ2v) is 8.87. The lowest BCUT2D eigenvalue weighted by atomic mass is 10.1. The molecule has 0 unspecified atom stereocenters. The van der Waals surface area contributed by atoms with Crippen LogP contribution in [0.25, 0.3) is 0 Å². The zero-order valence-electron chi connectivity index (χ0n) is 21.3. The van der Waals surface area contributed by atoms with Crippen LogP contribution in [0.2, 0.25) is 0 Å². The molecule has 3 atom stereocenters. The molecule has 0 spiro atoms. The maximum absolute atomic E-state index is 13.2. The summed E-state index contributed by atoms with van der Waals surface area (Å²) in [5.41, 5.74) is 1.12. The predicted octanol–water partition coefficient (Wildman–Crippen LogP) is -0.0752. The highest BCUT2D eigenvalue weighted by Crippen LogP contribution is 2.19. The van der Waals surface area contributed by atoms with Gasteiger partial charge in [0.05, 0.1) is 24.6 Å². The van der Waals surface area contributed by atoms with Gasteiger partial charge in [-0.1, -0.05) is 42.5 Å². The normalized spacial score (nSPS) is 20.6. The third-order valence-electron chi connectivity index (χ3n) is 5.91. The number of amides is 4. The molecule has 0 bridgehead atoms. The van der Waals surface area contributed by atoms with Gasteiger partial charge < -0.3 is 35.8 Å². The minimum Gasteiger partial charge on any atom is -0.491 e. The number of carbonyl (C=O) groups is 4. The van der Waals surface area contributed by atoms with Gasteiger partial charge >= 0.3 is 0 Å². The van der Waals surface area contributed by atoms with Crippen LogP contribution in [0.3, 0.4) is 0 Å². The van der Waals surface area contributed by atoms with E-state index in [1.807, 2.05) is 30.3 Å². The Labute approximate surface area is 221 Å². The van der Waals surface area contributed by atoms with Crippen LogP contribution in [-0.4, -0.2) is 80.3 Å². The van der Waals surface area contributed by atoms with Gasteiger partial charge in [-0.05, 0) is 30.5 Å². The van der Waals surface area contributed by atoms with E-state index in [-0.39, 0.29) is 24.5 Å². The molecule has 11 heteroatoms. The lowest BCUT2D eigenvalue weighted by Crippen LogP contribution is -2.55. The Bertz CT molecular complexity index is 1100. The third-order valence-corrected chi connectivity index (χ3v) is 5.91. The van der Waals surface area contributed by atoms with Crippen molar-refractivity contribution in [3.8, 4) is 5.75 Å². The maximum atomic E-state index is 13.2. The van der Waals surface area contributed by atoms with Crippen LogP contribution in [0.5, 0.6) is 5.75 Å². The van der Waals surface area contributed by atoms with Crippen LogP contribution in [0, 0.1) is 0 Å². The topological polar surface area (TPSA) is 155 Å². The number of ether oxygens (including phenoxy) is 2. The molecule has 5 N–H and O–H groups in total. The number of carbonyl (C=O) groups excluding carboxylic acids is 4. The highest BCUT2D eigenvalue weighted by Gasteiger charge is 2.29. The van der Waals surface area contributed by atoms with Crippen LogP contribution in [-0.2, 0) is 25.5 Å². The van der Waals surface area contributed by atoms with Crippen molar-refractivity contribution >= 4 is 23.6 Å². The highest BCUT2D eigenvalue weighted by molar-refractivity contribution is 6.01. The van der Waals surface area contributed by atoms with Gasteiger partial charge in [-0.2, -0.15) is 0 Å². The molecule has 2 aromatic rings. The Hall–Kier alpha value is -3.96. The molecule has 204 valence electrons. The van der Waals surface area contributed by atoms with E-state index in [0.29, 0.717) is 19.4 Å². The fourth-order valence-corrected chi connectivity index (χ4v) is 3.95. The van der Waals surface area contributed by atoms with Crippen LogP contribution < -0.4 is 26.0 Å². The summed E-state index contributed by atoms with van der Waals surface area (Å²) in [5.74, 6) is -2.18. The quantitative estimate of drug-likeness (QED) is 0.302. The molecule has 0 radical (unpaired) electrons. The number of hydrogen-bond donors (Lipinski definition) is 5. The first-order valence-electron chi connectivity index (χ1n) is 12.4. The monoisotopic (exact) mass is 526 g/mol. The van der Waals surface area contributed by atoms with E-state index >= 15 is 0 Å². The minimum absolute atomic E-state index is 0.0143. The molecular weight excluding hydrogens is 492 g/mol. The SMILES string of the molecule is COCCCNC(=O)[C@@H]1CC(=O)N[C@@H](CO)C(=O)N[C@H](Cc2ccccc2)COc2ccccc2C(=O)N1. The average Bonchev–Trinajstić information content (AvgIpc) is 2.92. The number of rotatable bonds is 8. The Kier molecular flexibility index (Phi) is 11.1. The van der Waals surface area contributed by atoms with Gasteiger partial charge in [-0.3, -0.25) is 19.2 Å². The van der Waals surface area contributed by atoms with E-state index in [9.17, 15) is 24.3 Å². The van der Waals surface area contributed by atoms with Crippen LogP contribution in [0.4, 0.5) is 0 Å². The zero-order valence-corrected chi connectivity index (χ0v) is 21.3. The summed E-state index contributed by atoms with van der Waals surface area (Å²) >= 11 is 0. The summed E-state index contributed by atoms with van der Waals surface area (Å²) in [6.07, 6.45) is 0.517. The number of benzene rings is 2. The first kappa shape index (κ1) is 28.6. The maximum Gasteiger partial charge on any atom is 0.255 e. The molecule has 4 amide bonds. The summed E-state index contributed by atoms with van der Waals surface area (Å²) in [4.78, 5) is 51.8. The number of para-hydroxylation sites is 1. The Morgan fingerprint density at radius 3 is 2.53 bits per heavy atom. The summed E-state index contributed by atoms with van der Waals surface area (Å²) < 4.78 is 10.9. The van der Waals surface area contributed by atoms with Crippen molar-refractivity contribution in [2.45, 2.75) is 37.4 Å². The highest BCUT2D eigenvalue weighted by atomic mass is 16.5. The molecule has 2 aromatic carbocycles. The van der Waals surface area contributed by atoms with Gasteiger partial charge in [0, 0.05) is 20.3 Å². The molecule has 38 heavy (non-hydrogen) atoms. The predicted molar refractivity (Wildman–Crippen MR) is 138 cm³/mol. The number of nitrogens with one attached hydrogen (secondary N) is 4. The fraction of sp³-hybridized carbons (Fsp3) is 0.407. The molecule has 0 aliphatic carbocycles. The largest absolute Gasteiger partial charge is 0.491 e. The molecule has 1 heterocycles. The van der Waals surface area contributed by atoms with Crippen molar-refractivity contribution in [2.24, 2.45) is 0 Å². The van der Waals surface area contributed by atoms with Crippen molar-refractivity contribution in [3.63, 3.8) is 0 Å². The summed E-state index contributed by atoms with van der Waals surface area (Å²) in [6.45, 7) is 0.0753. The zero-order chi connectivity index (χ0) is 27.3. The van der Waals surface area contributed by atoms with Crippen molar-refractivity contribution in [1.82, 2.24) is 21.3 Å². The van der Waals surface area contributed by atoms with E-state index in [1.54, 1.807) is 31.4 Å². The van der Waals surface area contributed by atoms with E-state index in [4.69, 9.17) is 9.47 Å². The van der Waals surface area contributed by atoms with E-state index in [2.05, 4.69) is 21.3 Å². The first-order valence-corrected chi connectivity index (χ1v) is 12.4. The van der Waals surface area contributed by atoms with Crippen molar-refractivity contribution in [1.29, 1.82) is 0 Å². The minimum atomic E-state index is -1.25. The molecule has 1 aliphatic heterocycles. The molecule has 11 nitrogen and oxygen atoms in total. The first-order chi connectivity index (χ1) is 18.4. The Balaban J connectivity index is 1.87. The van der Waals surface area contributed by atoms with Gasteiger partial charge in [0.25, 0.3) is 5.91 Å².